The molecule has 126 valence electrons. The maximum atomic E-state index is 10.7. The number of nitrogens with zero attached hydrogens (tertiary/aromatic N) is 2. The smallest absolute Gasteiger partial charge is 0.194 e. The number of hydrogen-bond donors (Lipinski definition) is 1. The van der Waals surface area contributed by atoms with Crippen molar-refractivity contribution in [1.82, 2.24) is 9.38 Å². The average Bonchev–Trinajstić information content (AvgIpc) is 3.04. The van der Waals surface area contributed by atoms with E-state index >= 15 is 0 Å². The van der Waals surface area contributed by atoms with Crippen molar-refractivity contribution in [2.75, 3.05) is 0 Å². The van der Waals surface area contributed by atoms with Gasteiger partial charge in [-0.2, -0.15) is 0 Å². The highest BCUT2D eigenvalue weighted by Gasteiger charge is 2.21. The Balaban J connectivity index is 1.58. The van der Waals surface area contributed by atoms with Crippen LogP contribution in [0, 0.1) is 0 Å². The molecule has 2 heterocycles. The average molecular weight is 361 g/mol. The van der Waals surface area contributed by atoms with Gasteiger partial charge in [0.1, 0.15) is 0 Å². The fourth-order valence-electron chi connectivity index (χ4n) is 3.56. The summed E-state index contributed by atoms with van der Waals surface area (Å²) in [5.74, 6) is 0. The zero-order valence-corrected chi connectivity index (χ0v) is 15.1. The molecule has 5 heteroatoms. The highest BCUT2D eigenvalue weighted by Crippen LogP contribution is 2.32. The van der Waals surface area contributed by atoms with Gasteiger partial charge < -0.3 is 5.11 Å². The highest BCUT2D eigenvalue weighted by molar-refractivity contribution is 7.17. The molecule has 1 aliphatic carbocycles. The number of fused-ring (bicyclic) bond motifs is 3. The molecule has 1 aromatic carbocycles. The SMILES string of the molecule is OC(CCc1cccc(Cl)c1)c1cnc2sc3c(n12)CCCCC3. The van der Waals surface area contributed by atoms with Gasteiger partial charge in [0.25, 0.3) is 0 Å². The van der Waals surface area contributed by atoms with Crippen molar-refractivity contribution in [3.8, 4) is 0 Å². The van der Waals surface area contributed by atoms with Gasteiger partial charge in [-0.15, -0.1) is 11.3 Å². The second-order valence-electron chi connectivity index (χ2n) is 6.52. The van der Waals surface area contributed by atoms with E-state index in [1.165, 1.54) is 29.8 Å². The number of aliphatic hydroxyl groups is 1. The van der Waals surface area contributed by atoms with Crippen molar-refractivity contribution >= 4 is 27.9 Å². The number of thiazole rings is 1. The van der Waals surface area contributed by atoms with Crippen molar-refractivity contribution < 1.29 is 5.11 Å². The maximum absolute atomic E-state index is 10.7. The van der Waals surface area contributed by atoms with Crippen LogP contribution in [0.1, 0.15) is 53.6 Å². The summed E-state index contributed by atoms with van der Waals surface area (Å²) >= 11 is 7.83. The molecule has 1 aliphatic rings. The molecule has 0 bridgehead atoms. The molecular weight excluding hydrogens is 340 g/mol. The van der Waals surface area contributed by atoms with Gasteiger partial charge >= 0.3 is 0 Å². The predicted octanol–water partition coefficient (Wildman–Crippen LogP) is 4.98. The Morgan fingerprint density at radius 1 is 1.25 bits per heavy atom. The lowest BCUT2D eigenvalue weighted by Gasteiger charge is -2.12. The fourth-order valence-corrected chi connectivity index (χ4v) is 4.97. The minimum absolute atomic E-state index is 0.499. The van der Waals surface area contributed by atoms with Crippen LogP contribution in [0.15, 0.2) is 30.5 Å². The molecule has 4 rings (SSSR count). The van der Waals surface area contributed by atoms with Crippen LogP contribution in [0.4, 0.5) is 0 Å². The van der Waals surface area contributed by atoms with Crippen molar-refractivity contribution in [1.29, 1.82) is 0 Å². The summed E-state index contributed by atoms with van der Waals surface area (Å²) in [6.45, 7) is 0. The van der Waals surface area contributed by atoms with Crippen LogP contribution < -0.4 is 0 Å². The highest BCUT2D eigenvalue weighted by atomic mass is 35.5. The Bertz CT molecular complexity index is 854. The standard InChI is InChI=1S/C19H21ClN2OS/c20-14-6-4-5-13(11-14)9-10-17(23)16-12-21-19-22(16)15-7-2-1-3-8-18(15)24-19/h4-6,11-12,17,23H,1-3,7-10H2. The summed E-state index contributed by atoms with van der Waals surface area (Å²) in [7, 11) is 0. The van der Waals surface area contributed by atoms with Gasteiger partial charge in [0.15, 0.2) is 4.96 Å². The van der Waals surface area contributed by atoms with Gasteiger partial charge in [-0.25, -0.2) is 4.98 Å². The van der Waals surface area contributed by atoms with Gasteiger partial charge in [-0.05, 0) is 56.2 Å². The third-order valence-corrected chi connectivity index (χ3v) is 6.21. The van der Waals surface area contributed by atoms with Crippen molar-refractivity contribution in [3.05, 3.63) is 57.3 Å². The lowest BCUT2D eigenvalue weighted by atomic mass is 10.1. The number of benzene rings is 1. The number of halogens is 1. The first-order valence-corrected chi connectivity index (χ1v) is 9.82. The van der Waals surface area contributed by atoms with E-state index in [0.29, 0.717) is 6.42 Å². The molecule has 2 aromatic heterocycles. The van der Waals surface area contributed by atoms with Crippen LogP contribution in [0.2, 0.25) is 5.02 Å². The topological polar surface area (TPSA) is 37.5 Å². The van der Waals surface area contributed by atoms with E-state index in [0.717, 1.165) is 40.5 Å². The first-order chi connectivity index (χ1) is 11.7. The molecule has 0 saturated carbocycles. The molecule has 0 fully saturated rings. The van der Waals surface area contributed by atoms with E-state index < -0.39 is 6.10 Å². The normalized spacial score (nSPS) is 16.1. The maximum Gasteiger partial charge on any atom is 0.194 e. The molecule has 0 amide bonds. The van der Waals surface area contributed by atoms with Gasteiger partial charge in [0, 0.05) is 15.6 Å². The Hall–Kier alpha value is -1.36. The molecule has 24 heavy (non-hydrogen) atoms. The number of aliphatic hydroxyl groups excluding tert-OH is 1. The minimum Gasteiger partial charge on any atom is -0.387 e. The molecule has 3 nitrogen and oxygen atoms in total. The molecule has 0 aliphatic heterocycles. The predicted molar refractivity (Wildman–Crippen MR) is 99.1 cm³/mol. The van der Waals surface area contributed by atoms with Crippen LogP contribution >= 0.6 is 22.9 Å². The van der Waals surface area contributed by atoms with E-state index in [1.54, 1.807) is 11.3 Å². The first kappa shape index (κ1) is 16.1. The summed E-state index contributed by atoms with van der Waals surface area (Å²) in [5.41, 5.74) is 3.47. The summed E-state index contributed by atoms with van der Waals surface area (Å²) < 4.78 is 2.22. The van der Waals surface area contributed by atoms with Crippen molar-refractivity contribution in [3.63, 3.8) is 0 Å². The van der Waals surface area contributed by atoms with Crippen molar-refractivity contribution in [2.24, 2.45) is 0 Å². The molecule has 0 spiro atoms. The Labute approximate surface area is 150 Å². The summed E-state index contributed by atoms with van der Waals surface area (Å²) in [6.07, 6.45) is 8.88. The van der Waals surface area contributed by atoms with E-state index in [-0.39, 0.29) is 0 Å². The van der Waals surface area contributed by atoms with Crippen molar-refractivity contribution in [2.45, 2.75) is 51.0 Å². The number of imidazole rings is 1. The molecule has 1 atom stereocenters. The summed E-state index contributed by atoms with van der Waals surface area (Å²) in [4.78, 5) is 7.03. The largest absolute Gasteiger partial charge is 0.387 e. The van der Waals surface area contributed by atoms with E-state index in [9.17, 15) is 5.11 Å². The van der Waals surface area contributed by atoms with Crippen LogP contribution in [0.3, 0.4) is 0 Å². The molecule has 1 unspecified atom stereocenters. The fraction of sp³-hybridized carbons (Fsp3) is 0.421. The third-order valence-electron chi connectivity index (χ3n) is 4.82. The monoisotopic (exact) mass is 360 g/mol. The lowest BCUT2D eigenvalue weighted by molar-refractivity contribution is 0.162. The minimum atomic E-state index is -0.499. The zero-order valence-electron chi connectivity index (χ0n) is 13.5. The number of aromatic nitrogens is 2. The lowest BCUT2D eigenvalue weighted by Crippen LogP contribution is -2.05. The van der Waals surface area contributed by atoms with Crippen LogP contribution in [0.25, 0.3) is 4.96 Å². The number of rotatable bonds is 4. The van der Waals surface area contributed by atoms with Gasteiger partial charge in [-0.1, -0.05) is 30.2 Å². The van der Waals surface area contributed by atoms with Crippen LogP contribution in [0.5, 0.6) is 0 Å². The molecule has 1 N–H and O–H groups in total. The van der Waals surface area contributed by atoms with Crippen LogP contribution in [-0.2, 0) is 19.3 Å². The second kappa shape index (κ2) is 6.87. The Kier molecular flexibility index (Phi) is 4.61. The molecule has 0 saturated heterocycles. The Morgan fingerprint density at radius 2 is 2.12 bits per heavy atom. The summed E-state index contributed by atoms with van der Waals surface area (Å²) in [5, 5.41) is 11.5. The van der Waals surface area contributed by atoms with Gasteiger partial charge in [0.2, 0.25) is 0 Å². The second-order valence-corrected chi connectivity index (χ2v) is 8.02. The molecular formula is C19H21ClN2OS. The van der Waals surface area contributed by atoms with Gasteiger partial charge in [0.05, 0.1) is 18.0 Å². The van der Waals surface area contributed by atoms with E-state index in [4.69, 9.17) is 11.6 Å². The first-order valence-electron chi connectivity index (χ1n) is 8.63. The number of aryl methyl sites for hydroxylation is 3. The quantitative estimate of drug-likeness (QED) is 0.666. The summed E-state index contributed by atoms with van der Waals surface area (Å²) in [6, 6.07) is 7.86. The van der Waals surface area contributed by atoms with E-state index in [2.05, 4.69) is 15.5 Å². The molecule has 3 aromatic rings. The van der Waals surface area contributed by atoms with E-state index in [1.807, 2.05) is 24.4 Å². The van der Waals surface area contributed by atoms with Crippen LogP contribution in [-0.4, -0.2) is 14.5 Å². The molecule has 0 radical (unpaired) electrons. The zero-order chi connectivity index (χ0) is 16.5. The Morgan fingerprint density at radius 3 is 3.00 bits per heavy atom. The number of hydrogen-bond acceptors (Lipinski definition) is 3. The van der Waals surface area contributed by atoms with Gasteiger partial charge in [-0.3, -0.25) is 4.40 Å². The third kappa shape index (κ3) is 3.10.